The Bertz CT molecular complexity index is 370. The zero-order chi connectivity index (χ0) is 11.5. The fraction of sp³-hybridized carbons (Fsp3) is 0.583. The predicted molar refractivity (Wildman–Crippen MR) is 73.9 cm³/mol. The third-order valence-corrected chi connectivity index (χ3v) is 4.17. The number of aryl methyl sites for hydroxylation is 1. The number of rotatable bonds is 1. The van der Waals surface area contributed by atoms with Gasteiger partial charge in [-0.05, 0) is 48.9 Å². The van der Waals surface area contributed by atoms with Gasteiger partial charge >= 0.3 is 0 Å². The maximum absolute atomic E-state index is 5.66. The molecule has 4 heteroatoms. The summed E-state index contributed by atoms with van der Waals surface area (Å²) in [6, 6.07) is 2.10. The molecule has 1 unspecified atom stereocenters. The molecule has 1 aliphatic rings. The van der Waals surface area contributed by atoms with Gasteiger partial charge in [0.25, 0.3) is 0 Å². The number of anilines is 1. The standard InChI is InChI=1S/C12H17IN2O/c1-9-8-15(6-3-7-16-9)11-4-5-14-10(2)12(11)13/h4-5,9H,3,6-8H2,1-2H3. The summed E-state index contributed by atoms with van der Waals surface area (Å²) < 4.78 is 6.92. The number of hydrogen-bond acceptors (Lipinski definition) is 3. The van der Waals surface area contributed by atoms with Crippen LogP contribution in [0.2, 0.25) is 0 Å². The van der Waals surface area contributed by atoms with E-state index in [2.05, 4.69) is 52.4 Å². The molecule has 1 aromatic heterocycles. The van der Waals surface area contributed by atoms with Crippen LogP contribution in [-0.4, -0.2) is 30.8 Å². The van der Waals surface area contributed by atoms with Crippen molar-refractivity contribution in [2.24, 2.45) is 0 Å². The van der Waals surface area contributed by atoms with E-state index in [-0.39, 0.29) is 0 Å². The molecule has 1 saturated heterocycles. The first kappa shape index (κ1) is 12.1. The number of pyridine rings is 1. The number of nitrogens with zero attached hydrogens (tertiary/aromatic N) is 2. The molecule has 1 aliphatic heterocycles. The Hall–Kier alpha value is -0.360. The van der Waals surface area contributed by atoms with E-state index >= 15 is 0 Å². The van der Waals surface area contributed by atoms with Crippen molar-refractivity contribution in [1.29, 1.82) is 0 Å². The summed E-state index contributed by atoms with van der Waals surface area (Å²) in [7, 11) is 0. The highest BCUT2D eigenvalue weighted by atomic mass is 127. The lowest BCUT2D eigenvalue weighted by Crippen LogP contribution is -2.30. The Morgan fingerprint density at radius 3 is 3.19 bits per heavy atom. The molecule has 0 amide bonds. The van der Waals surface area contributed by atoms with Crippen molar-refractivity contribution in [2.75, 3.05) is 24.6 Å². The monoisotopic (exact) mass is 332 g/mol. The van der Waals surface area contributed by atoms with Gasteiger partial charge < -0.3 is 9.64 Å². The Morgan fingerprint density at radius 2 is 2.38 bits per heavy atom. The minimum absolute atomic E-state index is 0.312. The molecular formula is C12H17IN2O. The summed E-state index contributed by atoms with van der Waals surface area (Å²) in [4.78, 5) is 6.72. The number of hydrogen-bond donors (Lipinski definition) is 0. The second kappa shape index (κ2) is 5.31. The molecule has 2 heterocycles. The summed E-state index contributed by atoms with van der Waals surface area (Å²) in [5, 5.41) is 0. The molecule has 1 fully saturated rings. The van der Waals surface area contributed by atoms with Crippen LogP contribution in [0.15, 0.2) is 12.3 Å². The van der Waals surface area contributed by atoms with E-state index in [1.165, 1.54) is 9.26 Å². The third kappa shape index (κ3) is 2.66. The zero-order valence-electron chi connectivity index (χ0n) is 9.74. The summed E-state index contributed by atoms with van der Waals surface area (Å²) in [5.41, 5.74) is 2.40. The van der Waals surface area contributed by atoms with Crippen LogP contribution in [0.3, 0.4) is 0 Å². The zero-order valence-corrected chi connectivity index (χ0v) is 11.9. The van der Waals surface area contributed by atoms with E-state index in [1.807, 2.05) is 6.20 Å². The van der Waals surface area contributed by atoms with E-state index in [1.54, 1.807) is 0 Å². The molecule has 0 saturated carbocycles. The molecule has 88 valence electrons. The SMILES string of the molecule is Cc1nccc(N2CCCOC(C)C2)c1I. The average Bonchev–Trinajstić information content (AvgIpc) is 2.47. The van der Waals surface area contributed by atoms with Crippen molar-refractivity contribution in [3.63, 3.8) is 0 Å². The van der Waals surface area contributed by atoms with Crippen molar-refractivity contribution >= 4 is 28.3 Å². The predicted octanol–water partition coefficient (Wildman–Crippen LogP) is 2.61. The highest BCUT2D eigenvalue weighted by molar-refractivity contribution is 14.1. The molecule has 0 aliphatic carbocycles. The normalized spacial score (nSPS) is 21.9. The summed E-state index contributed by atoms with van der Waals surface area (Å²) in [5.74, 6) is 0. The van der Waals surface area contributed by atoms with Gasteiger partial charge in [0.2, 0.25) is 0 Å². The van der Waals surface area contributed by atoms with Gasteiger partial charge in [-0.1, -0.05) is 0 Å². The maximum atomic E-state index is 5.66. The van der Waals surface area contributed by atoms with Crippen molar-refractivity contribution in [3.8, 4) is 0 Å². The second-order valence-electron chi connectivity index (χ2n) is 4.21. The molecule has 0 bridgehead atoms. The van der Waals surface area contributed by atoms with E-state index in [0.717, 1.165) is 31.8 Å². The van der Waals surface area contributed by atoms with Crippen LogP contribution in [0, 0.1) is 10.5 Å². The van der Waals surface area contributed by atoms with E-state index < -0.39 is 0 Å². The fourth-order valence-corrected chi connectivity index (χ4v) is 2.65. The number of aromatic nitrogens is 1. The van der Waals surface area contributed by atoms with E-state index in [4.69, 9.17) is 4.74 Å². The maximum Gasteiger partial charge on any atom is 0.0721 e. The van der Waals surface area contributed by atoms with Gasteiger partial charge in [-0.25, -0.2) is 0 Å². The van der Waals surface area contributed by atoms with E-state index in [0.29, 0.717) is 6.10 Å². The highest BCUT2D eigenvalue weighted by Crippen LogP contribution is 2.25. The summed E-state index contributed by atoms with van der Waals surface area (Å²) in [6.45, 7) is 7.11. The molecule has 1 aromatic rings. The summed E-state index contributed by atoms with van der Waals surface area (Å²) in [6.07, 6.45) is 3.30. The van der Waals surface area contributed by atoms with Crippen LogP contribution in [-0.2, 0) is 4.74 Å². The molecule has 0 spiro atoms. The number of halogens is 1. The van der Waals surface area contributed by atoms with Crippen molar-refractivity contribution in [2.45, 2.75) is 26.4 Å². The lowest BCUT2D eigenvalue weighted by molar-refractivity contribution is 0.0821. The van der Waals surface area contributed by atoms with Crippen molar-refractivity contribution in [3.05, 3.63) is 21.5 Å². The van der Waals surface area contributed by atoms with Gasteiger partial charge in [0.1, 0.15) is 0 Å². The van der Waals surface area contributed by atoms with Crippen LogP contribution >= 0.6 is 22.6 Å². The average molecular weight is 332 g/mol. The van der Waals surface area contributed by atoms with Crippen molar-refractivity contribution in [1.82, 2.24) is 4.98 Å². The Balaban J connectivity index is 2.24. The molecule has 16 heavy (non-hydrogen) atoms. The van der Waals surface area contributed by atoms with Crippen LogP contribution in [0.1, 0.15) is 19.0 Å². The molecule has 0 radical (unpaired) electrons. The minimum Gasteiger partial charge on any atom is -0.377 e. The molecule has 3 nitrogen and oxygen atoms in total. The van der Waals surface area contributed by atoms with Gasteiger partial charge in [0, 0.05) is 25.9 Å². The van der Waals surface area contributed by atoms with Crippen molar-refractivity contribution < 1.29 is 4.74 Å². The van der Waals surface area contributed by atoms with Gasteiger partial charge in [-0.2, -0.15) is 0 Å². The smallest absolute Gasteiger partial charge is 0.0721 e. The first-order valence-corrected chi connectivity index (χ1v) is 6.74. The topological polar surface area (TPSA) is 25.4 Å². The largest absolute Gasteiger partial charge is 0.377 e. The Kier molecular flexibility index (Phi) is 4.02. The van der Waals surface area contributed by atoms with E-state index in [9.17, 15) is 0 Å². The Morgan fingerprint density at radius 1 is 1.56 bits per heavy atom. The molecular weight excluding hydrogens is 315 g/mol. The van der Waals surface area contributed by atoms with Crippen LogP contribution in [0.4, 0.5) is 5.69 Å². The highest BCUT2D eigenvalue weighted by Gasteiger charge is 2.17. The quantitative estimate of drug-likeness (QED) is 0.740. The van der Waals surface area contributed by atoms with Gasteiger partial charge in [0.15, 0.2) is 0 Å². The minimum atomic E-state index is 0.312. The lowest BCUT2D eigenvalue weighted by atomic mass is 10.2. The molecule has 1 atom stereocenters. The Labute approximate surface area is 110 Å². The first-order valence-electron chi connectivity index (χ1n) is 5.66. The van der Waals surface area contributed by atoms with Gasteiger partial charge in [-0.15, -0.1) is 0 Å². The third-order valence-electron chi connectivity index (χ3n) is 2.84. The number of ether oxygens (including phenoxy) is 1. The van der Waals surface area contributed by atoms with Crippen LogP contribution < -0.4 is 4.90 Å². The fourth-order valence-electron chi connectivity index (χ4n) is 1.99. The van der Waals surface area contributed by atoms with Crippen LogP contribution in [0.25, 0.3) is 0 Å². The molecule has 2 rings (SSSR count). The lowest BCUT2D eigenvalue weighted by Gasteiger charge is -2.25. The first-order chi connectivity index (χ1) is 7.68. The van der Waals surface area contributed by atoms with Gasteiger partial charge in [-0.3, -0.25) is 4.98 Å². The molecule has 0 aromatic carbocycles. The molecule has 0 N–H and O–H groups in total. The summed E-state index contributed by atoms with van der Waals surface area (Å²) >= 11 is 2.38. The van der Waals surface area contributed by atoms with Crippen LogP contribution in [0.5, 0.6) is 0 Å². The van der Waals surface area contributed by atoms with Gasteiger partial charge in [0.05, 0.1) is 21.1 Å². The second-order valence-corrected chi connectivity index (χ2v) is 5.29.